The fourth-order valence-electron chi connectivity index (χ4n) is 5.60. The van der Waals surface area contributed by atoms with Gasteiger partial charge in [0, 0.05) is 5.56 Å². The summed E-state index contributed by atoms with van der Waals surface area (Å²) in [4.78, 5) is 19.9. The molecule has 1 aliphatic carbocycles. The normalized spacial score (nSPS) is 15.7. The molecule has 0 radical (unpaired) electrons. The summed E-state index contributed by atoms with van der Waals surface area (Å²) in [6.45, 7) is 4.06. The van der Waals surface area contributed by atoms with Crippen molar-refractivity contribution in [2.24, 2.45) is 4.99 Å². The average Bonchev–Trinajstić information content (AvgIpc) is 3.32. The lowest BCUT2D eigenvalue weighted by Gasteiger charge is -2.31. The fraction of sp³-hybridized carbons (Fsp3) is 0.212. The summed E-state index contributed by atoms with van der Waals surface area (Å²) in [6.07, 6.45) is 5.23. The molecule has 2 aliphatic rings. The molecule has 0 bridgehead atoms. The van der Waals surface area contributed by atoms with Gasteiger partial charge in [0.1, 0.15) is 6.61 Å². The van der Waals surface area contributed by atoms with Crippen LogP contribution in [-0.4, -0.2) is 32.5 Å². The van der Waals surface area contributed by atoms with Crippen molar-refractivity contribution in [3.8, 4) is 23.0 Å². The van der Waals surface area contributed by atoms with E-state index in [1.165, 1.54) is 16.9 Å². The zero-order chi connectivity index (χ0) is 29.4. The Hall–Kier alpha value is -4.08. The maximum Gasteiger partial charge on any atom is 0.271 e. The van der Waals surface area contributed by atoms with Crippen molar-refractivity contribution < 1.29 is 18.9 Å². The number of ether oxygens (including phenoxy) is 4. The van der Waals surface area contributed by atoms with Crippen LogP contribution in [0.5, 0.6) is 23.0 Å². The van der Waals surface area contributed by atoms with Crippen LogP contribution >= 0.6 is 27.3 Å². The van der Waals surface area contributed by atoms with Gasteiger partial charge in [0.2, 0.25) is 0 Å². The quantitative estimate of drug-likeness (QED) is 0.231. The minimum atomic E-state index is -0.331. The monoisotopic (exact) mass is 644 g/mol. The van der Waals surface area contributed by atoms with E-state index >= 15 is 0 Å². The summed E-state index contributed by atoms with van der Waals surface area (Å²) in [6, 6.07) is 17.7. The number of allylic oxidation sites excluding steroid dienone is 1. The van der Waals surface area contributed by atoms with E-state index in [0.29, 0.717) is 38.9 Å². The molecule has 6 rings (SSSR count). The van der Waals surface area contributed by atoms with E-state index in [9.17, 15) is 4.79 Å². The molecule has 1 atom stereocenters. The Kier molecular flexibility index (Phi) is 7.79. The van der Waals surface area contributed by atoms with Crippen LogP contribution in [0.3, 0.4) is 0 Å². The molecule has 0 amide bonds. The van der Waals surface area contributed by atoms with Gasteiger partial charge in [0.05, 0.1) is 42.1 Å². The van der Waals surface area contributed by atoms with Crippen molar-refractivity contribution in [2.75, 3.05) is 27.9 Å². The molecule has 0 fully saturated rings. The van der Waals surface area contributed by atoms with Gasteiger partial charge in [-0.05, 0) is 81.4 Å². The summed E-state index contributed by atoms with van der Waals surface area (Å²) in [7, 11) is 4.82. The Morgan fingerprint density at radius 1 is 1.02 bits per heavy atom. The number of rotatable bonds is 8. The highest BCUT2D eigenvalue weighted by Gasteiger charge is 2.33. The van der Waals surface area contributed by atoms with E-state index in [1.54, 1.807) is 27.4 Å². The maximum atomic E-state index is 14.2. The number of hydrogen-bond acceptors (Lipinski definition) is 7. The van der Waals surface area contributed by atoms with Gasteiger partial charge in [-0.2, -0.15) is 0 Å². The number of benzene rings is 3. The van der Waals surface area contributed by atoms with Crippen LogP contribution in [0.2, 0.25) is 0 Å². The van der Waals surface area contributed by atoms with Crippen molar-refractivity contribution >= 4 is 39.0 Å². The number of methoxy groups -OCH3 is 3. The lowest BCUT2D eigenvalue weighted by atomic mass is 9.83. The van der Waals surface area contributed by atoms with Crippen LogP contribution in [0, 0.1) is 0 Å². The number of aromatic nitrogens is 1. The molecule has 2 heterocycles. The highest BCUT2D eigenvalue weighted by molar-refractivity contribution is 9.10. The summed E-state index contributed by atoms with van der Waals surface area (Å²) in [5.74, 6) is 2.39. The van der Waals surface area contributed by atoms with E-state index in [0.717, 1.165) is 45.3 Å². The third kappa shape index (κ3) is 4.86. The second-order valence-corrected chi connectivity index (χ2v) is 11.7. The Morgan fingerprint density at radius 2 is 1.81 bits per heavy atom. The van der Waals surface area contributed by atoms with Gasteiger partial charge in [0.15, 0.2) is 27.8 Å². The van der Waals surface area contributed by atoms with Gasteiger partial charge >= 0.3 is 0 Å². The molecule has 3 aromatic carbocycles. The zero-order valence-electron chi connectivity index (χ0n) is 23.5. The predicted molar refractivity (Wildman–Crippen MR) is 169 cm³/mol. The number of aryl methyl sites for hydroxylation is 1. The summed E-state index contributed by atoms with van der Waals surface area (Å²) < 4.78 is 25.6. The van der Waals surface area contributed by atoms with Crippen molar-refractivity contribution in [3.63, 3.8) is 0 Å². The van der Waals surface area contributed by atoms with E-state index < -0.39 is 0 Å². The van der Waals surface area contributed by atoms with Crippen molar-refractivity contribution in [1.82, 2.24) is 4.57 Å². The van der Waals surface area contributed by atoms with Crippen LogP contribution < -0.4 is 33.8 Å². The molecule has 0 spiro atoms. The second kappa shape index (κ2) is 11.7. The van der Waals surface area contributed by atoms with E-state index in [4.69, 9.17) is 23.9 Å². The lowest BCUT2D eigenvalue weighted by Crippen LogP contribution is -2.38. The molecule has 0 saturated heterocycles. The standard InChI is InChI=1S/C33H29BrN2O5S/c1-5-14-41-31-24(34)15-19(16-27(31)40-4)17-28-32(37)36-30(21-11-13-25(38-2)26(18-21)39-3)23-12-10-20-8-6-7-9-22(20)29(23)35-33(36)42-28/h5-9,11,13,15-18,30H,1,10,12,14H2,2-4H3/b28-17-/t30-/m1/s1. The highest BCUT2D eigenvalue weighted by atomic mass is 79.9. The molecule has 7 nitrogen and oxygen atoms in total. The van der Waals surface area contributed by atoms with Gasteiger partial charge in [-0.1, -0.05) is 54.3 Å². The average molecular weight is 646 g/mol. The van der Waals surface area contributed by atoms with E-state index in [-0.39, 0.29) is 11.6 Å². The van der Waals surface area contributed by atoms with Gasteiger partial charge in [-0.15, -0.1) is 0 Å². The van der Waals surface area contributed by atoms with Crippen molar-refractivity contribution in [2.45, 2.75) is 18.9 Å². The molecule has 42 heavy (non-hydrogen) atoms. The van der Waals surface area contributed by atoms with Crippen molar-refractivity contribution in [1.29, 1.82) is 0 Å². The molecule has 0 saturated carbocycles. The van der Waals surface area contributed by atoms with E-state index in [2.05, 4.69) is 40.7 Å². The third-order valence-corrected chi connectivity index (χ3v) is 9.06. The number of thiazole rings is 1. The SMILES string of the molecule is C=CCOc1c(Br)cc(/C=c2\sc3n(c2=O)[C@H](c2ccc(OC)c(OC)c2)C2=C(N=3)c3ccccc3CC2)cc1OC. The van der Waals surface area contributed by atoms with Crippen LogP contribution in [0.15, 0.2) is 87.1 Å². The second-order valence-electron chi connectivity index (χ2n) is 9.86. The van der Waals surface area contributed by atoms with Crippen LogP contribution in [0.1, 0.15) is 34.7 Å². The molecular weight excluding hydrogens is 616 g/mol. The molecule has 0 N–H and O–H groups in total. The first-order valence-corrected chi connectivity index (χ1v) is 15.0. The first-order chi connectivity index (χ1) is 20.5. The Bertz CT molecular complexity index is 1920. The number of fused-ring (bicyclic) bond motifs is 3. The van der Waals surface area contributed by atoms with Crippen LogP contribution in [-0.2, 0) is 6.42 Å². The number of halogens is 1. The maximum absolute atomic E-state index is 14.2. The van der Waals surface area contributed by atoms with Gasteiger partial charge in [-0.3, -0.25) is 9.36 Å². The molecule has 9 heteroatoms. The van der Waals surface area contributed by atoms with Crippen LogP contribution in [0.4, 0.5) is 0 Å². The first kappa shape index (κ1) is 28.1. The summed E-state index contributed by atoms with van der Waals surface area (Å²) in [5, 5.41) is 0. The third-order valence-electron chi connectivity index (χ3n) is 7.49. The Balaban J connectivity index is 1.56. The summed E-state index contributed by atoms with van der Waals surface area (Å²) in [5.41, 5.74) is 6.07. The van der Waals surface area contributed by atoms with Gasteiger partial charge in [-0.25, -0.2) is 4.99 Å². The minimum Gasteiger partial charge on any atom is -0.493 e. The largest absolute Gasteiger partial charge is 0.493 e. The van der Waals surface area contributed by atoms with E-state index in [1.807, 2.05) is 47.0 Å². The molecule has 214 valence electrons. The molecule has 4 aromatic rings. The lowest BCUT2D eigenvalue weighted by molar-refractivity contribution is 0.324. The van der Waals surface area contributed by atoms with Crippen molar-refractivity contribution in [3.05, 3.63) is 119 Å². The molecule has 0 unspecified atom stereocenters. The summed E-state index contributed by atoms with van der Waals surface area (Å²) >= 11 is 4.97. The number of hydrogen-bond donors (Lipinski definition) is 0. The topological polar surface area (TPSA) is 71.3 Å². The zero-order valence-corrected chi connectivity index (χ0v) is 25.9. The van der Waals surface area contributed by atoms with Gasteiger partial charge < -0.3 is 18.9 Å². The minimum absolute atomic E-state index is 0.106. The smallest absolute Gasteiger partial charge is 0.271 e. The highest BCUT2D eigenvalue weighted by Crippen LogP contribution is 2.43. The predicted octanol–water partition coefficient (Wildman–Crippen LogP) is 5.67. The fourth-order valence-corrected chi connectivity index (χ4v) is 7.18. The molecule has 1 aliphatic heterocycles. The molecule has 1 aromatic heterocycles. The Labute approximate surface area is 255 Å². The molecular formula is C33H29BrN2O5S. The van der Waals surface area contributed by atoms with Crippen LogP contribution in [0.25, 0.3) is 11.8 Å². The first-order valence-electron chi connectivity index (χ1n) is 13.4. The number of nitrogens with zero attached hydrogens (tertiary/aromatic N) is 2. The Morgan fingerprint density at radius 3 is 2.57 bits per heavy atom. The van der Waals surface area contributed by atoms with Gasteiger partial charge in [0.25, 0.3) is 5.56 Å².